The topological polar surface area (TPSA) is 150 Å². The average Bonchev–Trinajstić information content (AvgIpc) is 2.87. The van der Waals surface area contributed by atoms with E-state index in [-0.39, 0.29) is 25.5 Å². The Hall–Kier alpha value is -4.16. The quantitative estimate of drug-likeness (QED) is 0.322. The lowest BCUT2D eigenvalue weighted by atomic mass is 10.1. The Labute approximate surface area is 245 Å². The maximum absolute atomic E-state index is 12.9. The van der Waals surface area contributed by atoms with E-state index in [4.69, 9.17) is 23.7 Å². The molecule has 0 spiro atoms. The van der Waals surface area contributed by atoms with Crippen LogP contribution in [-0.2, 0) is 9.47 Å². The van der Waals surface area contributed by atoms with Crippen LogP contribution in [0.15, 0.2) is 42.7 Å². The molecular formula is C30H39N3O9. The number of pyridine rings is 2. The van der Waals surface area contributed by atoms with Gasteiger partial charge in [0, 0.05) is 24.1 Å². The highest BCUT2D eigenvalue weighted by atomic mass is 16.6. The average molecular weight is 586 g/mol. The molecular weight excluding hydrogens is 546 g/mol. The van der Waals surface area contributed by atoms with E-state index in [1.165, 1.54) is 26.3 Å². The molecule has 0 saturated carbocycles. The van der Waals surface area contributed by atoms with Gasteiger partial charge in [-0.25, -0.2) is 14.6 Å². The van der Waals surface area contributed by atoms with Crippen molar-refractivity contribution in [2.45, 2.75) is 71.7 Å². The van der Waals surface area contributed by atoms with Gasteiger partial charge in [0.25, 0.3) is 0 Å². The number of aliphatic hydroxyl groups excluding tert-OH is 1. The zero-order valence-corrected chi connectivity index (χ0v) is 25.3. The first-order chi connectivity index (χ1) is 19.5. The van der Waals surface area contributed by atoms with Gasteiger partial charge in [0.05, 0.1) is 37.6 Å². The number of rotatable bonds is 9. The summed E-state index contributed by atoms with van der Waals surface area (Å²) in [5.41, 5.74) is -2.41. The molecule has 12 heteroatoms. The first kappa shape index (κ1) is 32.4. The third-order valence-electron chi connectivity index (χ3n) is 5.56. The molecule has 1 aromatic carbocycles. The Kier molecular flexibility index (Phi) is 9.85. The molecule has 2 amide bonds. The van der Waals surface area contributed by atoms with E-state index >= 15 is 0 Å². The first-order valence-corrected chi connectivity index (χ1v) is 13.3. The smallest absolute Gasteiger partial charge is 0.425 e. The molecule has 0 aliphatic heterocycles. The number of hydrogen-bond donors (Lipinski definition) is 2. The zero-order chi connectivity index (χ0) is 31.3. The number of benzene rings is 1. The minimum atomic E-state index is -1.26. The number of hydrogen-bond acceptors (Lipinski definition) is 11. The third kappa shape index (κ3) is 8.92. The van der Waals surface area contributed by atoms with Gasteiger partial charge in [-0.1, -0.05) is 0 Å². The van der Waals surface area contributed by atoms with Crippen molar-refractivity contribution < 1.29 is 43.5 Å². The predicted octanol–water partition coefficient (Wildman–Crippen LogP) is 5.62. The molecule has 0 unspecified atom stereocenters. The van der Waals surface area contributed by atoms with Crippen LogP contribution in [0.3, 0.4) is 0 Å². The van der Waals surface area contributed by atoms with E-state index in [1.54, 1.807) is 72.0 Å². The van der Waals surface area contributed by atoms with Gasteiger partial charge in [-0.3, -0.25) is 4.98 Å². The van der Waals surface area contributed by atoms with Crippen molar-refractivity contribution in [3.63, 3.8) is 0 Å². The minimum absolute atomic E-state index is 0.00549. The normalized spacial score (nSPS) is 13.2. The van der Waals surface area contributed by atoms with Crippen LogP contribution in [-0.4, -0.2) is 69.5 Å². The van der Waals surface area contributed by atoms with E-state index in [0.717, 1.165) is 4.90 Å². The number of imide groups is 1. The van der Waals surface area contributed by atoms with Crippen LogP contribution in [0.2, 0.25) is 0 Å². The van der Waals surface area contributed by atoms with Crippen LogP contribution in [0.5, 0.6) is 23.0 Å². The molecule has 42 heavy (non-hydrogen) atoms. The van der Waals surface area contributed by atoms with Gasteiger partial charge in [0.1, 0.15) is 28.5 Å². The van der Waals surface area contributed by atoms with Gasteiger partial charge >= 0.3 is 12.2 Å². The number of amides is 2. The number of aliphatic hydroxyl groups is 2. The summed E-state index contributed by atoms with van der Waals surface area (Å²) >= 11 is 0. The van der Waals surface area contributed by atoms with Crippen LogP contribution >= 0.6 is 0 Å². The highest BCUT2D eigenvalue weighted by molar-refractivity contribution is 6.08. The van der Waals surface area contributed by atoms with Crippen molar-refractivity contribution in [3.8, 4) is 23.0 Å². The van der Waals surface area contributed by atoms with Gasteiger partial charge in [0.2, 0.25) is 0 Å². The lowest BCUT2D eigenvalue weighted by Crippen LogP contribution is -2.44. The zero-order valence-electron chi connectivity index (χ0n) is 25.3. The number of carbonyl (C=O) groups is 2. The Balaban J connectivity index is 1.87. The van der Waals surface area contributed by atoms with E-state index < -0.39 is 29.0 Å². The largest absolute Gasteiger partial charge is 0.493 e. The van der Waals surface area contributed by atoms with Gasteiger partial charge in [-0.15, -0.1) is 0 Å². The molecule has 228 valence electrons. The van der Waals surface area contributed by atoms with Crippen LogP contribution in [0.25, 0.3) is 10.9 Å². The number of nitrogens with zero attached hydrogens (tertiary/aromatic N) is 3. The standard InChI is InChI=1S/C30H39N3O9/c1-28(2,3)41-26(35)33(27(36)42-29(4,5)6)25-10-9-19(17-32-25)40-22-11-13-31-21-16-24(23(38-8)15-20(21)22)39-14-12-30(7,37)18-34/h9-11,13,15-17,34,37H,12,14,18H2,1-8H3/t30-/m0/s1. The fourth-order valence-corrected chi connectivity index (χ4v) is 3.52. The highest BCUT2D eigenvalue weighted by Crippen LogP contribution is 2.37. The molecule has 0 aliphatic carbocycles. The fourth-order valence-electron chi connectivity index (χ4n) is 3.52. The molecule has 1 atom stereocenters. The molecule has 0 saturated heterocycles. The second-order valence-electron chi connectivity index (χ2n) is 11.8. The second kappa shape index (κ2) is 12.8. The van der Waals surface area contributed by atoms with Crippen molar-refractivity contribution in [1.29, 1.82) is 0 Å². The van der Waals surface area contributed by atoms with Crippen molar-refractivity contribution in [2.24, 2.45) is 0 Å². The Morgan fingerprint density at radius 1 is 0.881 bits per heavy atom. The van der Waals surface area contributed by atoms with Crippen LogP contribution in [0.1, 0.15) is 54.9 Å². The maximum Gasteiger partial charge on any atom is 0.425 e. The van der Waals surface area contributed by atoms with Crippen LogP contribution in [0.4, 0.5) is 15.4 Å². The monoisotopic (exact) mass is 585 g/mol. The summed E-state index contributed by atoms with van der Waals surface area (Å²) < 4.78 is 28.2. The number of ether oxygens (including phenoxy) is 5. The molecule has 0 bridgehead atoms. The molecule has 0 radical (unpaired) electrons. The number of carbonyl (C=O) groups excluding carboxylic acids is 2. The van der Waals surface area contributed by atoms with Crippen molar-refractivity contribution >= 4 is 28.9 Å². The maximum atomic E-state index is 12.9. The Bertz CT molecular complexity index is 1370. The summed E-state index contributed by atoms with van der Waals surface area (Å²) in [6, 6.07) is 8.07. The molecule has 12 nitrogen and oxygen atoms in total. The molecule has 2 N–H and O–H groups in total. The molecule has 2 aromatic heterocycles. The number of aromatic nitrogens is 2. The lowest BCUT2D eigenvalue weighted by molar-refractivity contribution is -0.0141. The van der Waals surface area contributed by atoms with Gasteiger partial charge < -0.3 is 33.9 Å². The van der Waals surface area contributed by atoms with E-state index in [0.29, 0.717) is 33.9 Å². The number of anilines is 1. The summed E-state index contributed by atoms with van der Waals surface area (Å²) in [6.07, 6.45) is 1.29. The first-order valence-electron chi connectivity index (χ1n) is 13.3. The summed E-state index contributed by atoms with van der Waals surface area (Å²) in [5.74, 6) is 1.60. The molecule has 2 heterocycles. The lowest BCUT2D eigenvalue weighted by Gasteiger charge is -2.28. The van der Waals surface area contributed by atoms with Gasteiger partial charge in [-0.05, 0) is 72.7 Å². The van der Waals surface area contributed by atoms with E-state index in [2.05, 4.69) is 9.97 Å². The summed E-state index contributed by atoms with van der Waals surface area (Å²) in [6.45, 7) is 11.4. The fraction of sp³-hybridized carbons (Fsp3) is 0.467. The Morgan fingerprint density at radius 2 is 1.52 bits per heavy atom. The van der Waals surface area contributed by atoms with Crippen molar-refractivity contribution in [1.82, 2.24) is 9.97 Å². The number of fused-ring (bicyclic) bond motifs is 1. The Morgan fingerprint density at radius 3 is 2.05 bits per heavy atom. The predicted molar refractivity (Wildman–Crippen MR) is 155 cm³/mol. The summed E-state index contributed by atoms with van der Waals surface area (Å²) in [4.78, 5) is 35.2. The molecule has 3 rings (SSSR count). The summed E-state index contributed by atoms with van der Waals surface area (Å²) in [7, 11) is 1.50. The molecule has 3 aromatic rings. The van der Waals surface area contributed by atoms with E-state index in [9.17, 15) is 19.8 Å². The van der Waals surface area contributed by atoms with Gasteiger partial charge in [-0.2, -0.15) is 4.90 Å². The third-order valence-corrected chi connectivity index (χ3v) is 5.56. The molecule has 0 fully saturated rings. The molecule has 0 aliphatic rings. The van der Waals surface area contributed by atoms with Crippen LogP contribution in [0, 0.1) is 0 Å². The highest BCUT2D eigenvalue weighted by Gasteiger charge is 2.33. The van der Waals surface area contributed by atoms with Crippen molar-refractivity contribution in [2.75, 3.05) is 25.2 Å². The van der Waals surface area contributed by atoms with Gasteiger partial charge in [0.15, 0.2) is 11.5 Å². The SMILES string of the molecule is COc1cc2c(Oc3ccc(N(C(=O)OC(C)(C)C)C(=O)OC(C)(C)C)nc3)ccnc2cc1OCC[C@](C)(O)CO. The minimum Gasteiger partial charge on any atom is -0.493 e. The second-order valence-corrected chi connectivity index (χ2v) is 11.8. The van der Waals surface area contributed by atoms with Crippen molar-refractivity contribution in [3.05, 3.63) is 42.7 Å². The summed E-state index contributed by atoms with van der Waals surface area (Å²) in [5, 5.41) is 19.9. The van der Waals surface area contributed by atoms with E-state index in [1.807, 2.05) is 0 Å². The number of methoxy groups -OCH3 is 1. The van der Waals surface area contributed by atoms with Crippen LogP contribution < -0.4 is 19.1 Å².